The number of esters is 1. The molecule has 48 heavy (non-hydrogen) atoms. The molecule has 2 aromatic carbocycles. The lowest BCUT2D eigenvalue weighted by Crippen LogP contribution is -2.46. The topological polar surface area (TPSA) is 132 Å². The molecule has 0 spiro atoms. The minimum atomic E-state index is -4.65. The summed E-state index contributed by atoms with van der Waals surface area (Å²) in [5.74, 6) is -1.18. The number of ether oxygens (including phenoxy) is 1. The van der Waals surface area contributed by atoms with Crippen molar-refractivity contribution >= 4 is 39.4 Å². The molecule has 1 saturated carbocycles. The molecule has 3 heterocycles. The third-order valence-corrected chi connectivity index (χ3v) is 9.43. The minimum absolute atomic E-state index is 0.0294. The van der Waals surface area contributed by atoms with Gasteiger partial charge in [0.15, 0.2) is 6.73 Å². The van der Waals surface area contributed by atoms with Crippen LogP contribution in [0, 0.1) is 5.92 Å². The fraction of sp³-hybridized carbons (Fsp3) is 0.364. The first kappa shape index (κ1) is 33.4. The quantitative estimate of drug-likeness (QED) is 0.211. The van der Waals surface area contributed by atoms with E-state index in [1.165, 1.54) is 29.0 Å². The molecule has 1 aliphatic carbocycles. The van der Waals surface area contributed by atoms with Gasteiger partial charge < -0.3 is 20.3 Å². The fourth-order valence-electron chi connectivity index (χ4n) is 5.97. The van der Waals surface area contributed by atoms with Crippen molar-refractivity contribution in [2.75, 3.05) is 20.3 Å². The van der Waals surface area contributed by atoms with E-state index in [0.29, 0.717) is 40.5 Å². The van der Waals surface area contributed by atoms with Crippen LogP contribution in [0.4, 0.5) is 13.2 Å². The standard InChI is InChI=1S/C33H32BrF3N6O5/c1-18-11-24-27(16-41(18)31(46)21-7-10-26(34)25(13-21)33(35,36)37)43-29(22(15-39-43)12-19-3-4-19)42(32(24)47)23-8-5-20(6-9-23)30(45)40(2)17-48-28(44)14-38/h5-10,13,15,18-19H,3-4,11-12,14,16-17,38H2,1-2H3. The summed E-state index contributed by atoms with van der Waals surface area (Å²) in [5, 5.41) is 4.65. The van der Waals surface area contributed by atoms with Gasteiger partial charge in [0, 0.05) is 39.8 Å². The monoisotopic (exact) mass is 728 g/mol. The zero-order valence-corrected chi connectivity index (χ0v) is 27.7. The molecule has 0 saturated heterocycles. The number of carbonyl (C=O) groups excluding carboxylic acids is 3. The van der Waals surface area contributed by atoms with Crippen LogP contribution >= 0.6 is 15.9 Å². The lowest BCUT2D eigenvalue weighted by Gasteiger charge is -2.35. The highest BCUT2D eigenvalue weighted by Crippen LogP contribution is 2.37. The van der Waals surface area contributed by atoms with Crippen LogP contribution in [0.3, 0.4) is 0 Å². The van der Waals surface area contributed by atoms with E-state index >= 15 is 0 Å². The van der Waals surface area contributed by atoms with Crippen LogP contribution in [0.2, 0.25) is 0 Å². The number of nitrogens with two attached hydrogens (primary N) is 1. The molecular formula is C33H32BrF3N6O5. The Hall–Kier alpha value is -4.50. The summed E-state index contributed by atoms with van der Waals surface area (Å²) >= 11 is 2.93. The normalized spacial score (nSPS) is 16.1. The smallest absolute Gasteiger partial charge is 0.417 e. The van der Waals surface area contributed by atoms with E-state index in [9.17, 15) is 32.3 Å². The van der Waals surface area contributed by atoms with Gasteiger partial charge >= 0.3 is 12.1 Å². The zero-order valence-electron chi connectivity index (χ0n) is 26.1. The molecule has 252 valence electrons. The SMILES string of the molecule is CC1Cc2c(n3ncc(CC4CC4)c3n(-c3ccc(C(=O)N(C)COC(=O)CN)cc3)c2=O)CN1C(=O)c1ccc(Br)c(C(F)(F)F)c1. The number of hydrogen-bond acceptors (Lipinski definition) is 7. The van der Waals surface area contributed by atoms with E-state index in [0.717, 1.165) is 24.5 Å². The third kappa shape index (κ3) is 6.35. The molecule has 15 heteroatoms. The second-order valence-corrected chi connectivity index (χ2v) is 13.1. The van der Waals surface area contributed by atoms with Crippen molar-refractivity contribution in [3.8, 4) is 5.69 Å². The fourth-order valence-corrected chi connectivity index (χ4v) is 6.45. The van der Waals surface area contributed by atoms with E-state index < -0.39 is 35.6 Å². The van der Waals surface area contributed by atoms with Crippen molar-refractivity contribution in [1.82, 2.24) is 24.0 Å². The number of aromatic nitrogens is 3. The van der Waals surface area contributed by atoms with Gasteiger partial charge in [-0.3, -0.25) is 23.7 Å². The largest absolute Gasteiger partial charge is 0.443 e. The highest BCUT2D eigenvalue weighted by molar-refractivity contribution is 9.10. The molecule has 4 aromatic rings. The van der Waals surface area contributed by atoms with Gasteiger partial charge in [0.2, 0.25) is 0 Å². The van der Waals surface area contributed by atoms with Crippen LogP contribution in [-0.4, -0.2) is 68.1 Å². The molecule has 2 amide bonds. The second-order valence-electron chi connectivity index (χ2n) is 12.2. The first-order chi connectivity index (χ1) is 22.8. The van der Waals surface area contributed by atoms with Crippen LogP contribution in [0.25, 0.3) is 11.3 Å². The highest BCUT2D eigenvalue weighted by atomic mass is 79.9. The molecule has 0 radical (unpaired) electrons. The molecule has 0 bridgehead atoms. The van der Waals surface area contributed by atoms with Crippen molar-refractivity contribution in [2.45, 2.75) is 51.4 Å². The van der Waals surface area contributed by atoms with Crippen LogP contribution < -0.4 is 11.3 Å². The van der Waals surface area contributed by atoms with Crippen molar-refractivity contribution < 1.29 is 32.3 Å². The molecule has 1 atom stereocenters. The summed E-state index contributed by atoms with van der Waals surface area (Å²) in [6.07, 6.45) is 0.0325. The Kier molecular flexibility index (Phi) is 8.94. The third-order valence-electron chi connectivity index (χ3n) is 8.74. The van der Waals surface area contributed by atoms with E-state index in [2.05, 4.69) is 21.0 Å². The van der Waals surface area contributed by atoms with E-state index in [4.69, 9.17) is 10.5 Å². The summed E-state index contributed by atoms with van der Waals surface area (Å²) in [5.41, 5.74) is 7.00. The van der Waals surface area contributed by atoms with Gasteiger partial charge in [-0.15, -0.1) is 0 Å². The predicted molar refractivity (Wildman–Crippen MR) is 172 cm³/mol. The Morgan fingerprint density at radius 3 is 2.44 bits per heavy atom. The van der Waals surface area contributed by atoms with Gasteiger partial charge in [0.1, 0.15) is 5.65 Å². The molecule has 1 aliphatic heterocycles. The van der Waals surface area contributed by atoms with Gasteiger partial charge in [0.25, 0.3) is 17.4 Å². The Labute approximate surface area is 281 Å². The molecule has 2 aromatic heterocycles. The average molecular weight is 730 g/mol. The van der Waals surface area contributed by atoms with Gasteiger partial charge in [-0.25, -0.2) is 4.52 Å². The number of halogens is 4. The maximum Gasteiger partial charge on any atom is 0.417 e. The maximum atomic E-state index is 14.3. The number of alkyl halides is 3. The van der Waals surface area contributed by atoms with Crippen molar-refractivity contribution in [3.63, 3.8) is 0 Å². The number of hydrogen-bond donors (Lipinski definition) is 1. The predicted octanol–water partition coefficient (Wildman–Crippen LogP) is 4.34. The Morgan fingerprint density at radius 2 is 1.79 bits per heavy atom. The number of amides is 2. The summed E-state index contributed by atoms with van der Waals surface area (Å²) < 4.78 is 48.9. The molecule has 2 N–H and O–H groups in total. The zero-order chi connectivity index (χ0) is 34.5. The lowest BCUT2D eigenvalue weighted by molar-refractivity contribution is -0.145. The lowest BCUT2D eigenvalue weighted by atomic mass is 9.97. The van der Waals surface area contributed by atoms with Crippen molar-refractivity contribution in [2.24, 2.45) is 11.7 Å². The summed E-state index contributed by atoms with van der Waals surface area (Å²) in [4.78, 5) is 55.0. The van der Waals surface area contributed by atoms with Crippen LogP contribution in [-0.2, 0) is 35.1 Å². The van der Waals surface area contributed by atoms with Crippen LogP contribution in [0.15, 0.2) is 57.9 Å². The molecule has 6 rings (SSSR count). The Balaban J connectivity index is 1.38. The van der Waals surface area contributed by atoms with Crippen LogP contribution in [0.5, 0.6) is 0 Å². The highest BCUT2D eigenvalue weighted by Gasteiger charge is 2.37. The van der Waals surface area contributed by atoms with Crippen molar-refractivity contribution in [1.29, 1.82) is 0 Å². The van der Waals surface area contributed by atoms with Gasteiger partial charge in [-0.1, -0.05) is 15.9 Å². The second kappa shape index (κ2) is 12.8. The van der Waals surface area contributed by atoms with Gasteiger partial charge in [-0.05, 0) is 81.0 Å². The summed E-state index contributed by atoms with van der Waals surface area (Å²) in [6.45, 7) is 1.14. The van der Waals surface area contributed by atoms with Crippen LogP contribution in [0.1, 0.15) is 62.9 Å². The molecule has 2 aliphatic rings. The number of carbonyl (C=O) groups is 3. The van der Waals surface area contributed by atoms with Gasteiger partial charge in [-0.2, -0.15) is 18.3 Å². The first-order valence-corrected chi connectivity index (χ1v) is 16.1. The van der Waals surface area contributed by atoms with Crippen molar-refractivity contribution in [3.05, 3.63) is 97.0 Å². The molecule has 11 nitrogen and oxygen atoms in total. The van der Waals surface area contributed by atoms with E-state index in [-0.39, 0.29) is 41.8 Å². The van der Waals surface area contributed by atoms with Gasteiger partial charge in [0.05, 0.1) is 36.2 Å². The number of fused-ring (bicyclic) bond motifs is 3. The average Bonchev–Trinajstić information content (AvgIpc) is 3.80. The number of nitrogens with zero attached hydrogens (tertiary/aromatic N) is 5. The molecule has 1 fully saturated rings. The number of rotatable bonds is 8. The number of benzene rings is 2. The maximum absolute atomic E-state index is 14.3. The Bertz CT molecular complexity index is 1990. The molecular weight excluding hydrogens is 697 g/mol. The first-order valence-electron chi connectivity index (χ1n) is 15.3. The molecule has 1 unspecified atom stereocenters. The summed E-state index contributed by atoms with van der Waals surface area (Å²) in [7, 11) is 1.48. The summed E-state index contributed by atoms with van der Waals surface area (Å²) in [6, 6.07) is 9.35. The Morgan fingerprint density at radius 1 is 1.10 bits per heavy atom. The van der Waals surface area contributed by atoms with E-state index in [1.807, 2.05) is 0 Å². The minimum Gasteiger partial charge on any atom is -0.443 e. The van der Waals surface area contributed by atoms with E-state index in [1.54, 1.807) is 46.5 Å².